The fraction of sp³-hybridized carbons (Fsp3) is 1.00. The molecule has 3 heteroatoms. The zero-order valence-electron chi connectivity index (χ0n) is 12.2. The fourth-order valence-corrected chi connectivity index (χ4v) is 2.64. The van der Waals surface area contributed by atoms with Crippen LogP contribution in [-0.2, 0) is 0 Å². The van der Waals surface area contributed by atoms with E-state index < -0.39 is 0 Å². The Kier molecular flexibility index (Phi) is 7.09. The van der Waals surface area contributed by atoms with Gasteiger partial charge in [0.2, 0.25) is 0 Å². The molecule has 3 nitrogen and oxygen atoms in total. The second-order valence-electron chi connectivity index (χ2n) is 5.75. The van der Waals surface area contributed by atoms with E-state index in [9.17, 15) is 0 Å². The summed E-state index contributed by atoms with van der Waals surface area (Å²) in [7, 11) is 6.61. The average Bonchev–Trinajstić information content (AvgIpc) is 2.22. The van der Waals surface area contributed by atoms with Gasteiger partial charge in [0.1, 0.15) is 0 Å². The first-order valence-corrected chi connectivity index (χ1v) is 7.20. The molecule has 0 bridgehead atoms. The molecular formula is C14H31N3. The SMILES string of the molecule is CCCNCC1CCC1N(C)CCCN(C)C. The van der Waals surface area contributed by atoms with E-state index >= 15 is 0 Å². The summed E-state index contributed by atoms with van der Waals surface area (Å²) in [5.41, 5.74) is 0. The number of nitrogens with one attached hydrogen (secondary N) is 1. The zero-order valence-corrected chi connectivity index (χ0v) is 12.2. The molecule has 0 aromatic rings. The highest BCUT2D eigenvalue weighted by molar-refractivity contribution is 4.88. The fourth-order valence-electron chi connectivity index (χ4n) is 2.64. The summed E-state index contributed by atoms with van der Waals surface area (Å²) < 4.78 is 0. The maximum absolute atomic E-state index is 3.56. The Morgan fingerprint density at radius 1 is 1.12 bits per heavy atom. The Hall–Kier alpha value is -0.120. The Balaban J connectivity index is 2.11. The molecule has 0 heterocycles. The highest BCUT2D eigenvalue weighted by Crippen LogP contribution is 2.30. The monoisotopic (exact) mass is 241 g/mol. The van der Waals surface area contributed by atoms with Crippen molar-refractivity contribution < 1.29 is 0 Å². The van der Waals surface area contributed by atoms with Crippen molar-refractivity contribution >= 4 is 0 Å². The van der Waals surface area contributed by atoms with E-state index in [4.69, 9.17) is 0 Å². The summed E-state index contributed by atoms with van der Waals surface area (Å²) in [6.45, 7) is 7.08. The number of nitrogens with zero attached hydrogens (tertiary/aromatic N) is 2. The normalized spacial score (nSPS) is 24.4. The van der Waals surface area contributed by atoms with Crippen molar-refractivity contribution in [2.24, 2.45) is 5.92 Å². The molecule has 1 N–H and O–H groups in total. The molecule has 2 atom stereocenters. The third-order valence-corrected chi connectivity index (χ3v) is 3.89. The van der Waals surface area contributed by atoms with Crippen molar-refractivity contribution in [2.45, 2.75) is 38.6 Å². The minimum atomic E-state index is 0.835. The lowest BCUT2D eigenvalue weighted by Gasteiger charge is -2.43. The van der Waals surface area contributed by atoms with Crippen LogP contribution < -0.4 is 5.32 Å². The molecule has 1 aliphatic rings. The lowest BCUT2D eigenvalue weighted by Crippen LogP contribution is -2.49. The molecule has 0 spiro atoms. The van der Waals surface area contributed by atoms with E-state index in [1.165, 1.54) is 51.9 Å². The van der Waals surface area contributed by atoms with Gasteiger partial charge in [0.15, 0.2) is 0 Å². The second kappa shape index (κ2) is 8.06. The van der Waals surface area contributed by atoms with Crippen LogP contribution in [0.4, 0.5) is 0 Å². The van der Waals surface area contributed by atoms with Gasteiger partial charge in [-0.15, -0.1) is 0 Å². The van der Waals surface area contributed by atoms with Crippen LogP contribution in [0.15, 0.2) is 0 Å². The van der Waals surface area contributed by atoms with Gasteiger partial charge in [0.25, 0.3) is 0 Å². The molecule has 0 radical (unpaired) electrons. The van der Waals surface area contributed by atoms with Gasteiger partial charge in [0, 0.05) is 6.04 Å². The molecule has 0 aromatic heterocycles. The second-order valence-corrected chi connectivity index (χ2v) is 5.75. The first kappa shape index (κ1) is 14.9. The predicted molar refractivity (Wildman–Crippen MR) is 75.5 cm³/mol. The number of hydrogen-bond donors (Lipinski definition) is 1. The van der Waals surface area contributed by atoms with Crippen LogP contribution in [-0.4, -0.2) is 63.2 Å². The van der Waals surface area contributed by atoms with Crippen LogP contribution in [0.25, 0.3) is 0 Å². The summed E-state index contributed by atoms with van der Waals surface area (Å²) in [6, 6.07) is 0.835. The van der Waals surface area contributed by atoms with E-state index in [1.807, 2.05) is 0 Å². The molecule has 17 heavy (non-hydrogen) atoms. The van der Waals surface area contributed by atoms with E-state index in [2.05, 4.69) is 43.2 Å². The van der Waals surface area contributed by atoms with Gasteiger partial charge in [-0.2, -0.15) is 0 Å². The molecule has 1 aliphatic carbocycles. The minimum absolute atomic E-state index is 0.835. The largest absolute Gasteiger partial charge is 0.316 e. The molecule has 0 aromatic carbocycles. The molecule has 0 saturated heterocycles. The molecule has 2 unspecified atom stereocenters. The summed E-state index contributed by atoms with van der Waals surface area (Å²) in [6.07, 6.45) is 5.35. The zero-order chi connectivity index (χ0) is 12.7. The topological polar surface area (TPSA) is 18.5 Å². The first-order valence-electron chi connectivity index (χ1n) is 7.20. The van der Waals surface area contributed by atoms with Crippen molar-refractivity contribution in [3.63, 3.8) is 0 Å². The van der Waals surface area contributed by atoms with Crippen molar-refractivity contribution in [1.82, 2.24) is 15.1 Å². The Labute approximate surface area is 108 Å². The third kappa shape index (κ3) is 5.36. The molecule has 1 fully saturated rings. The lowest BCUT2D eigenvalue weighted by molar-refractivity contribution is 0.0813. The predicted octanol–water partition coefficient (Wildman–Crippen LogP) is 1.65. The van der Waals surface area contributed by atoms with Crippen LogP contribution in [0.3, 0.4) is 0 Å². The van der Waals surface area contributed by atoms with Gasteiger partial charge < -0.3 is 15.1 Å². The highest BCUT2D eigenvalue weighted by Gasteiger charge is 2.32. The highest BCUT2D eigenvalue weighted by atomic mass is 15.2. The van der Waals surface area contributed by atoms with E-state index in [0.717, 1.165) is 12.0 Å². The van der Waals surface area contributed by atoms with Crippen LogP contribution in [0.5, 0.6) is 0 Å². The van der Waals surface area contributed by atoms with Gasteiger partial charge in [-0.3, -0.25) is 0 Å². The summed E-state index contributed by atoms with van der Waals surface area (Å²) in [4.78, 5) is 4.85. The Morgan fingerprint density at radius 2 is 1.88 bits per heavy atom. The van der Waals surface area contributed by atoms with Crippen LogP contribution in [0.1, 0.15) is 32.6 Å². The summed E-state index contributed by atoms with van der Waals surface area (Å²) in [5, 5.41) is 3.56. The quantitative estimate of drug-likeness (QED) is 0.619. The van der Waals surface area contributed by atoms with Crippen molar-refractivity contribution in [1.29, 1.82) is 0 Å². The molecule has 0 amide bonds. The van der Waals surface area contributed by atoms with Crippen LogP contribution >= 0.6 is 0 Å². The number of hydrogen-bond acceptors (Lipinski definition) is 3. The smallest absolute Gasteiger partial charge is 0.0133 e. The number of rotatable bonds is 9. The molecule has 102 valence electrons. The van der Waals surface area contributed by atoms with Gasteiger partial charge >= 0.3 is 0 Å². The van der Waals surface area contributed by atoms with Gasteiger partial charge in [-0.25, -0.2) is 0 Å². The Morgan fingerprint density at radius 3 is 2.41 bits per heavy atom. The molecule has 1 rings (SSSR count). The van der Waals surface area contributed by atoms with Crippen molar-refractivity contribution in [3.05, 3.63) is 0 Å². The third-order valence-electron chi connectivity index (χ3n) is 3.89. The van der Waals surface area contributed by atoms with Gasteiger partial charge in [-0.1, -0.05) is 6.92 Å². The van der Waals surface area contributed by atoms with Crippen molar-refractivity contribution in [3.8, 4) is 0 Å². The molecular weight excluding hydrogens is 210 g/mol. The van der Waals surface area contributed by atoms with Crippen LogP contribution in [0.2, 0.25) is 0 Å². The van der Waals surface area contributed by atoms with E-state index in [1.54, 1.807) is 0 Å². The lowest BCUT2D eigenvalue weighted by atomic mass is 9.78. The standard InChI is InChI=1S/C14H31N3/c1-5-9-15-12-13-7-8-14(13)17(4)11-6-10-16(2)3/h13-15H,5-12H2,1-4H3. The molecule has 1 saturated carbocycles. The van der Waals surface area contributed by atoms with Gasteiger partial charge in [-0.05, 0) is 78.9 Å². The Bertz CT molecular complexity index is 194. The minimum Gasteiger partial charge on any atom is -0.316 e. The van der Waals surface area contributed by atoms with Gasteiger partial charge in [0.05, 0.1) is 0 Å². The average molecular weight is 241 g/mol. The maximum Gasteiger partial charge on any atom is 0.0133 e. The van der Waals surface area contributed by atoms with E-state index in [-0.39, 0.29) is 0 Å². The maximum atomic E-state index is 3.56. The van der Waals surface area contributed by atoms with E-state index in [0.29, 0.717) is 0 Å². The van der Waals surface area contributed by atoms with Crippen molar-refractivity contribution in [2.75, 3.05) is 47.3 Å². The molecule has 0 aliphatic heterocycles. The summed E-state index contributed by atoms with van der Waals surface area (Å²) >= 11 is 0. The summed E-state index contributed by atoms with van der Waals surface area (Å²) in [5.74, 6) is 0.894. The van der Waals surface area contributed by atoms with Crippen LogP contribution in [0, 0.1) is 5.92 Å². The first-order chi connectivity index (χ1) is 8.15.